The van der Waals surface area contributed by atoms with E-state index in [1.165, 1.54) is 0 Å². The standard InChI is InChI=1S/C9H16O4S/c1-9(6-12-4-5-13-9)7-14(10,11)8-2-3-8/h8H,2-7H2,1H3. The molecule has 2 aliphatic rings. The fourth-order valence-electron chi connectivity index (χ4n) is 1.73. The molecule has 1 unspecified atom stereocenters. The second-order valence-electron chi connectivity index (χ2n) is 4.36. The van der Waals surface area contributed by atoms with Crippen molar-refractivity contribution < 1.29 is 17.9 Å². The van der Waals surface area contributed by atoms with Gasteiger partial charge in [0.1, 0.15) is 5.60 Å². The van der Waals surface area contributed by atoms with Gasteiger partial charge in [0.2, 0.25) is 0 Å². The summed E-state index contributed by atoms with van der Waals surface area (Å²) < 4.78 is 34.2. The summed E-state index contributed by atoms with van der Waals surface area (Å²) in [7, 11) is -2.95. The lowest BCUT2D eigenvalue weighted by atomic mass is 10.1. The van der Waals surface area contributed by atoms with Gasteiger partial charge in [-0.2, -0.15) is 0 Å². The summed E-state index contributed by atoms with van der Waals surface area (Å²) in [6.45, 7) is 3.26. The molecule has 0 aromatic heterocycles. The molecule has 0 radical (unpaired) electrons. The minimum Gasteiger partial charge on any atom is -0.376 e. The zero-order valence-electron chi connectivity index (χ0n) is 8.36. The Bertz CT molecular complexity index is 299. The van der Waals surface area contributed by atoms with Crippen molar-refractivity contribution in [3.63, 3.8) is 0 Å². The molecule has 0 aromatic rings. The first-order valence-electron chi connectivity index (χ1n) is 4.95. The smallest absolute Gasteiger partial charge is 0.156 e. The third kappa shape index (κ3) is 2.27. The summed E-state index contributed by atoms with van der Waals surface area (Å²) in [4.78, 5) is 0. The van der Waals surface area contributed by atoms with Crippen molar-refractivity contribution in [2.75, 3.05) is 25.6 Å². The fraction of sp³-hybridized carbons (Fsp3) is 1.00. The van der Waals surface area contributed by atoms with Crippen LogP contribution >= 0.6 is 0 Å². The molecule has 2 rings (SSSR count). The summed E-state index contributed by atoms with van der Waals surface area (Å²) in [6.07, 6.45) is 1.64. The minimum atomic E-state index is -2.95. The second kappa shape index (κ2) is 3.47. The molecule has 0 spiro atoms. The average Bonchev–Trinajstić information content (AvgIpc) is 2.84. The second-order valence-corrected chi connectivity index (χ2v) is 6.64. The number of ether oxygens (including phenoxy) is 2. The molecule has 1 aliphatic heterocycles. The van der Waals surface area contributed by atoms with Gasteiger partial charge in [-0.05, 0) is 19.8 Å². The van der Waals surface area contributed by atoms with Crippen molar-refractivity contribution in [3.8, 4) is 0 Å². The van der Waals surface area contributed by atoms with Crippen LogP contribution in [0.4, 0.5) is 0 Å². The Morgan fingerprint density at radius 3 is 2.57 bits per heavy atom. The Kier molecular flexibility index (Phi) is 2.57. The number of rotatable bonds is 3. The van der Waals surface area contributed by atoms with Gasteiger partial charge in [0.15, 0.2) is 9.84 Å². The Morgan fingerprint density at radius 1 is 1.36 bits per heavy atom. The zero-order chi connectivity index (χ0) is 10.2. The van der Waals surface area contributed by atoms with Crippen molar-refractivity contribution in [1.29, 1.82) is 0 Å². The molecule has 4 nitrogen and oxygen atoms in total. The molecule has 1 atom stereocenters. The lowest BCUT2D eigenvalue weighted by molar-refractivity contribution is -0.135. The maximum absolute atomic E-state index is 11.7. The highest BCUT2D eigenvalue weighted by molar-refractivity contribution is 7.92. The molecule has 0 bridgehead atoms. The topological polar surface area (TPSA) is 52.6 Å². The summed E-state index contributed by atoms with van der Waals surface area (Å²) in [5.74, 6) is 0.102. The van der Waals surface area contributed by atoms with Crippen molar-refractivity contribution in [2.45, 2.75) is 30.6 Å². The summed E-state index contributed by atoms with van der Waals surface area (Å²) in [6, 6.07) is 0. The first kappa shape index (κ1) is 10.4. The highest BCUT2D eigenvalue weighted by atomic mass is 32.2. The van der Waals surface area contributed by atoms with Gasteiger partial charge in [-0.3, -0.25) is 0 Å². The van der Waals surface area contributed by atoms with Gasteiger partial charge in [0.25, 0.3) is 0 Å². The molecular formula is C9H16O4S. The van der Waals surface area contributed by atoms with E-state index in [1.807, 2.05) is 6.92 Å². The number of sulfone groups is 1. The van der Waals surface area contributed by atoms with Crippen molar-refractivity contribution in [1.82, 2.24) is 0 Å². The van der Waals surface area contributed by atoms with Crippen LogP contribution in [-0.4, -0.2) is 44.8 Å². The van der Waals surface area contributed by atoms with Crippen LogP contribution in [0.3, 0.4) is 0 Å². The van der Waals surface area contributed by atoms with Crippen LogP contribution in [0.15, 0.2) is 0 Å². The molecule has 14 heavy (non-hydrogen) atoms. The molecule has 0 amide bonds. The van der Waals surface area contributed by atoms with E-state index in [0.29, 0.717) is 19.8 Å². The summed E-state index contributed by atoms with van der Waals surface area (Å²) >= 11 is 0. The predicted octanol–water partition coefficient (Wildman–Crippen LogP) is 0.369. The Morgan fingerprint density at radius 2 is 2.07 bits per heavy atom. The molecule has 2 fully saturated rings. The molecule has 0 aromatic carbocycles. The maximum Gasteiger partial charge on any atom is 0.156 e. The van der Waals surface area contributed by atoms with E-state index in [-0.39, 0.29) is 11.0 Å². The van der Waals surface area contributed by atoms with Crippen LogP contribution in [0.25, 0.3) is 0 Å². The fourth-order valence-corrected chi connectivity index (χ4v) is 3.84. The highest BCUT2D eigenvalue weighted by Gasteiger charge is 2.42. The van der Waals surface area contributed by atoms with Gasteiger partial charge < -0.3 is 9.47 Å². The van der Waals surface area contributed by atoms with Gasteiger partial charge in [-0.25, -0.2) is 8.42 Å². The number of hydrogen-bond acceptors (Lipinski definition) is 4. The molecule has 5 heteroatoms. The predicted molar refractivity (Wildman–Crippen MR) is 52.0 cm³/mol. The lowest BCUT2D eigenvalue weighted by Gasteiger charge is -2.33. The molecule has 0 N–H and O–H groups in total. The zero-order valence-corrected chi connectivity index (χ0v) is 9.18. The van der Waals surface area contributed by atoms with E-state index in [2.05, 4.69) is 0 Å². The van der Waals surface area contributed by atoms with E-state index in [9.17, 15) is 8.42 Å². The molecule has 1 aliphatic carbocycles. The SMILES string of the molecule is CC1(CS(=O)(=O)C2CC2)COCCO1. The van der Waals surface area contributed by atoms with Crippen LogP contribution < -0.4 is 0 Å². The quantitative estimate of drug-likeness (QED) is 0.689. The molecular weight excluding hydrogens is 204 g/mol. The monoisotopic (exact) mass is 220 g/mol. The first-order chi connectivity index (χ1) is 6.52. The van der Waals surface area contributed by atoms with E-state index < -0.39 is 15.4 Å². The van der Waals surface area contributed by atoms with Crippen LogP contribution in [-0.2, 0) is 19.3 Å². The maximum atomic E-state index is 11.7. The average molecular weight is 220 g/mol. The lowest BCUT2D eigenvalue weighted by Crippen LogP contribution is -2.46. The van der Waals surface area contributed by atoms with Crippen LogP contribution in [0.2, 0.25) is 0 Å². The van der Waals surface area contributed by atoms with Gasteiger partial charge in [0.05, 0.1) is 30.8 Å². The van der Waals surface area contributed by atoms with Crippen LogP contribution in [0, 0.1) is 0 Å². The first-order valence-corrected chi connectivity index (χ1v) is 6.67. The van der Waals surface area contributed by atoms with Crippen LogP contribution in [0.5, 0.6) is 0 Å². The highest BCUT2D eigenvalue weighted by Crippen LogP contribution is 2.32. The van der Waals surface area contributed by atoms with E-state index in [0.717, 1.165) is 12.8 Å². The molecule has 82 valence electrons. The van der Waals surface area contributed by atoms with Crippen molar-refractivity contribution in [2.24, 2.45) is 0 Å². The molecule has 1 heterocycles. The molecule has 1 saturated heterocycles. The Balaban J connectivity index is 2.00. The Labute approximate surface area is 84.5 Å². The normalized spacial score (nSPS) is 34.4. The third-order valence-electron chi connectivity index (χ3n) is 2.62. The summed E-state index contributed by atoms with van der Waals surface area (Å²) in [5.41, 5.74) is -0.625. The van der Waals surface area contributed by atoms with Crippen molar-refractivity contribution >= 4 is 9.84 Å². The largest absolute Gasteiger partial charge is 0.376 e. The van der Waals surface area contributed by atoms with E-state index in [4.69, 9.17) is 9.47 Å². The van der Waals surface area contributed by atoms with Gasteiger partial charge in [-0.1, -0.05) is 0 Å². The van der Waals surface area contributed by atoms with E-state index in [1.54, 1.807) is 0 Å². The van der Waals surface area contributed by atoms with Gasteiger partial charge in [0, 0.05) is 0 Å². The van der Waals surface area contributed by atoms with Gasteiger partial charge in [-0.15, -0.1) is 0 Å². The Hall–Kier alpha value is -0.130. The van der Waals surface area contributed by atoms with Gasteiger partial charge >= 0.3 is 0 Å². The van der Waals surface area contributed by atoms with E-state index >= 15 is 0 Å². The minimum absolute atomic E-state index is 0.102. The third-order valence-corrected chi connectivity index (χ3v) is 5.12. The summed E-state index contributed by atoms with van der Waals surface area (Å²) in [5, 5.41) is -0.107. The van der Waals surface area contributed by atoms with Crippen LogP contribution in [0.1, 0.15) is 19.8 Å². The number of hydrogen-bond donors (Lipinski definition) is 0. The van der Waals surface area contributed by atoms with Crippen molar-refractivity contribution in [3.05, 3.63) is 0 Å². The molecule has 1 saturated carbocycles.